The molecule has 17 heavy (non-hydrogen) atoms. The van der Waals surface area contributed by atoms with Crippen molar-refractivity contribution in [3.8, 4) is 5.75 Å². The number of aliphatic hydroxyl groups excluding tert-OH is 1. The van der Waals surface area contributed by atoms with Gasteiger partial charge in [0.15, 0.2) is 0 Å². The predicted octanol–water partition coefficient (Wildman–Crippen LogP) is 3.78. The molecule has 0 heterocycles. The lowest BCUT2D eigenvalue weighted by molar-refractivity contribution is 0.150. The van der Waals surface area contributed by atoms with Gasteiger partial charge in [-0.1, -0.05) is 13.8 Å². The number of hydrogen-bond donors (Lipinski definition) is 1. The number of hydrogen-bond acceptors (Lipinski definition) is 2. The van der Waals surface area contributed by atoms with E-state index in [-0.39, 0.29) is 6.10 Å². The summed E-state index contributed by atoms with van der Waals surface area (Å²) in [7, 11) is 0. The summed E-state index contributed by atoms with van der Waals surface area (Å²) in [5, 5.41) is 10.2. The molecule has 0 aliphatic rings. The first-order chi connectivity index (χ1) is 7.95. The first-order valence-corrected chi connectivity index (χ1v) is 6.37. The molecule has 2 nitrogen and oxygen atoms in total. The van der Waals surface area contributed by atoms with Gasteiger partial charge in [-0.25, -0.2) is 0 Å². The Morgan fingerprint density at radius 3 is 2.35 bits per heavy atom. The summed E-state index contributed by atoms with van der Waals surface area (Å²) in [5.74, 6) is 1.42. The molecule has 0 saturated carbocycles. The van der Waals surface area contributed by atoms with Crippen LogP contribution in [0.4, 0.5) is 0 Å². The lowest BCUT2D eigenvalue weighted by Gasteiger charge is -2.18. The fourth-order valence-electron chi connectivity index (χ4n) is 2.06. The highest BCUT2D eigenvalue weighted by molar-refractivity contribution is 5.42. The van der Waals surface area contributed by atoms with E-state index in [9.17, 15) is 5.11 Å². The van der Waals surface area contributed by atoms with E-state index >= 15 is 0 Å². The smallest absolute Gasteiger partial charge is 0.122 e. The molecule has 2 heteroatoms. The number of rotatable bonds is 5. The number of benzene rings is 1. The molecule has 0 bridgehead atoms. The van der Waals surface area contributed by atoms with Crippen LogP contribution in [0.2, 0.25) is 0 Å². The van der Waals surface area contributed by atoms with E-state index in [2.05, 4.69) is 13.8 Å². The number of aliphatic hydroxyl groups is 1. The van der Waals surface area contributed by atoms with Crippen molar-refractivity contribution in [2.24, 2.45) is 5.92 Å². The molecule has 0 aromatic heterocycles. The molecule has 1 atom stereocenters. The van der Waals surface area contributed by atoms with E-state index in [1.807, 2.05) is 32.9 Å². The van der Waals surface area contributed by atoms with Gasteiger partial charge in [-0.15, -0.1) is 0 Å². The van der Waals surface area contributed by atoms with E-state index in [0.29, 0.717) is 12.5 Å². The molecular weight excluding hydrogens is 212 g/mol. The molecule has 0 amide bonds. The Morgan fingerprint density at radius 1 is 1.18 bits per heavy atom. The molecule has 96 valence electrons. The lowest BCUT2D eigenvalue weighted by Crippen LogP contribution is -2.05. The van der Waals surface area contributed by atoms with Gasteiger partial charge in [0, 0.05) is 0 Å². The Bertz CT molecular complexity index is 369. The molecule has 0 aliphatic heterocycles. The summed E-state index contributed by atoms with van der Waals surface area (Å²) >= 11 is 0. The van der Waals surface area contributed by atoms with Gasteiger partial charge >= 0.3 is 0 Å². The van der Waals surface area contributed by atoms with E-state index in [1.165, 1.54) is 0 Å². The SMILES string of the molecule is CCOc1cc(C)c(C(O)CC(C)C)cc1C. The minimum atomic E-state index is -0.371. The fourth-order valence-corrected chi connectivity index (χ4v) is 2.06. The summed E-state index contributed by atoms with van der Waals surface area (Å²) < 4.78 is 5.55. The standard InChI is InChI=1S/C15H24O2/c1-6-17-15-9-11(4)13(8-12(15)5)14(16)7-10(2)3/h8-10,14,16H,6-7H2,1-5H3. The van der Waals surface area contributed by atoms with Crippen LogP contribution in [0.15, 0.2) is 12.1 Å². The molecule has 0 saturated heterocycles. The number of aryl methyl sites for hydroxylation is 2. The highest BCUT2D eigenvalue weighted by atomic mass is 16.5. The topological polar surface area (TPSA) is 29.5 Å². The maximum Gasteiger partial charge on any atom is 0.122 e. The van der Waals surface area contributed by atoms with Crippen LogP contribution < -0.4 is 4.74 Å². The van der Waals surface area contributed by atoms with E-state index in [0.717, 1.165) is 28.9 Å². The minimum absolute atomic E-state index is 0.371. The fraction of sp³-hybridized carbons (Fsp3) is 0.600. The molecule has 1 aromatic carbocycles. The molecular formula is C15H24O2. The summed E-state index contributed by atoms with van der Waals surface area (Å²) in [4.78, 5) is 0. The van der Waals surface area contributed by atoms with Crippen LogP contribution >= 0.6 is 0 Å². The largest absolute Gasteiger partial charge is 0.494 e. The monoisotopic (exact) mass is 236 g/mol. The van der Waals surface area contributed by atoms with Crippen molar-refractivity contribution in [1.82, 2.24) is 0 Å². The van der Waals surface area contributed by atoms with Crippen molar-refractivity contribution in [2.75, 3.05) is 6.61 Å². The third-order valence-corrected chi connectivity index (χ3v) is 2.92. The minimum Gasteiger partial charge on any atom is -0.494 e. The van der Waals surface area contributed by atoms with Crippen molar-refractivity contribution in [3.05, 3.63) is 28.8 Å². The van der Waals surface area contributed by atoms with Crippen LogP contribution in [0.3, 0.4) is 0 Å². The van der Waals surface area contributed by atoms with Gasteiger partial charge in [-0.3, -0.25) is 0 Å². The molecule has 0 aliphatic carbocycles. The third kappa shape index (κ3) is 3.74. The summed E-state index contributed by atoms with van der Waals surface area (Å²) in [6.07, 6.45) is 0.429. The molecule has 0 fully saturated rings. The van der Waals surface area contributed by atoms with Crippen LogP contribution in [0, 0.1) is 19.8 Å². The van der Waals surface area contributed by atoms with Crippen molar-refractivity contribution in [3.63, 3.8) is 0 Å². The van der Waals surface area contributed by atoms with Crippen LogP contribution in [-0.4, -0.2) is 11.7 Å². The van der Waals surface area contributed by atoms with Crippen LogP contribution in [-0.2, 0) is 0 Å². The molecule has 1 N–H and O–H groups in total. The zero-order valence-electron chi connectivity index (χ0n) is 11.6. The van der Waals surface area contributed by atoms with Gasteiger partial charge in [0.05, 0.1) is 12.7 Å². The quantitative estimate of drug-likeness (QED) is 0.843. The van der Waals surface area contributed by atoms with Crippen LogP contribution in [0.5, 0.6) is 5.75 Å². The highest BCUT2D eigenvalue weighted by Crippen LogP contribution is 2.29. The normalized spacial score (nSPS) is 12.9. The highest BCUT2D eigenvalue weighted by Gasteiger charge is 2.14. The average molecular weight is 236 g/mol. The maximum atomic E-state index is 10.2. The van der Waals surface area contributed by atoms with E-state index in [1.54, 1.807) is 0 Å². The maximum absolute atomic E-state index is 10.2. The van der Waals surface area contributed by atoms with Gasteiger partial charge in [0.2, 0.25) is 0 Å². The Balaban J connectivity index is 2.98. The van der Waals surface area contributed by atoms with Gasteiger partial charge in [0.25, 0.3) is 0 Å². The summed E-state index contributed by atoms with van der Waals surface area (Å²) in [6.45, 7) is 11.0. The first kappa shape index (κ1) is 14.0. The Labute approximate surface area is 105 Å². The number of ether oxygens (including phenoxy) is 1. The van der Waals surface area contributed by atoms with Crippen molar-refractivity contribution < 1.29 is 9.84 Å². The molecule has 1 unspecified atom stereocenters. The van der Waals surface area contributed by atoms with Crippen molar-refractivity contribution in [1.29, 1.82) is 0 Å². The van der Waals surface area contributed by atoms with E-state index in [4.69, 9.17) is 4.74 Å². The predicted molar refractivity (Wildman–Crippen MR) is 71.5 cm³/mol. The zero-order chi connectivity index (χ0) is 13.0. The second kappa shape index (κ2) is 6.06. The lowest BCUT2D eigenvalue weighted by atomic mass is 9.94. The molecule has 1 aromatic rings. The summed E-state index contributed by atoms with van der Waals surface area (Å²) in [6, 6.07) is 4.07. The zero-order valence-corrected chi connectivity index (χ0v) is 11.6. The second-order valence-electron chi connectivity index (χ2n) is 5.05. The Hall–Kier alpha value is -1.02. The summed E-state index contributed by atoms with van der Waals surface area (Å²) in [5.41, 5.74) is 3.22. The average Bonchev–Trinajstić information content (AvgIpc) is 2.22. The molecule has 0 spiro atoms. The van der Waals surface area contributed by atoms with Crippen molar-refractivity contribution >= 4 is 0 Å². The van der Waals surface area contributed by atoms with Crippen LogP contribution in [0.1, 0.15) is 50.0 Å². The van der Waals surface area contributed by atoms with E-state index < -0.39 is 0 Å². The van der Waals surface area contributed by atoms with Gasteiger partial charge < -0.3 is 9.84 Å². The van der Waals surface area contributed by atoms with Gasteiger partial charge in [0.1, 0.15) is 5.75 Å². The third-order valence-electron chi connectivity index (χ3n) is 2.92. The first-order valence-electron chi connectivity index (χ1n) is 6.37. The second-order valence-corrected chi connectivity index (χ2v) is 5.05. The van der Waals surface area contributed by atoms with Gasteiger partial charge in [-0.2, -0.15) is 0 Å². The molecule has 1 rings (SSSR count). The van der Waals surface area contributed by atoms with Gasteiger partial charge in [-0.05, 0) is 61.9 Å². The van der Waals surface area contributed by atoms with Crippen LogP contribution in [0.25, 0.3) is 0 Å². The Morgan fingerprint density at radius 2 is 1.82 bits per heavy atom. The molecule has 0 radical (unpaired) electrons. The Kier molecular flexibility index (Phi) is 5.01. The van der Waals surface area contributed by atoms with Crippen molar-refractivity contribution in [2.45, 2.75) is 47.1 Å².